The van der Waals surface area contributed by atoms with Gasteiger partial charge in [-0.15, -0.1) is 0 Å². The summed E-state index contributed by atoms with van der Waals surface area (Å²) in [5.41, 5.74) is 3.67. The second-order valence-electron chi connectivity index (χ2n) is 7.91. The third kappa shape index (κ3) is 4.53. The van der Waals surface area contributed by atoms with Crippen LogP contribution in [0.25, 0.3) is 6.08 Å². The molecule has 0 unspecified atom stereocenters. The van der Waals surface area contributed by atoms with Crippen LogP contribution >= 0.6 is 47.3 Å². The minimum absolute atomic E-state index is 0.118. The molecule has 3 aromatic rings. The molecule has 2 aliphatic heterocycles. The maximum atomic E-state index is 13.5. The van der Waals surface area contributed by atoms with Crippen LogP contribution in [0.1, 0.15) is 17.5 Å². The van der Waals surface area contributed by atoms with Gasteiger partial charge in [-0.3, -0.25) is 19.4 Å². The largest absolute Gasteiger partial charge is 0.292 e. The number of aryl methyl sites for hydroxylation is 1. The van der Waals surface area contributed by atoms with E-state index in [1.165, 1.54) is 16.7 Å². The van der Waals surface area contributed by atoms with Crippen LogP contribution < -0.4 is 4.90 Å². The topological polar surface area (TPSA) is 40.6 Å². The molecule has 2 amide bonds. The Kier molecular flexibility index (Phi) is 6.53. The molecule has 0 saturated carbocycles. The zero-order chi connectivity index (χ0) is 23.8. The van der Waals surface area contributed by atoms with Crippen molar-refractivity contribution in [1.82, 2.24) is 4.90 Å². The average molecular weight is 523 g/mol. The van der Waals surface area contributed by atoms with Gasteiger partial charge in [0.05, 0.1) is 16.3 Å². The summed E-state index contributed by atoms with van der Waals surface area (Å²) in [4.78, 5) is 32.2. The van der Waals surface area contributed by atoms with Crippen LogP contribution in [0.2, 0.25) is 5.02 Å². The van der Waals surface area contributed by atoms with Crippen molar-refractivity contribution in [3.63, 3.8) is 0 Å². The highest BCUT2D eigenvalue weighted by Gasteiger charge is 2.34. The number of amides is 2. The number of benzene rings is 3. The van der Waals surface area contributed by atoms with Gasteiger partial charge in [0.1, 0.15) is 4.32 Å². The summed E-state index contributed by atoms with van der Waals surface area (Å²) in [5.74, 6) is -0.283. The van der Waals surface area contributed by atoms with Crippen molar-refractivity contribution in [3.05, 3.63) is 87.8 Å². The van der Waals surface area contributed by atoms with E-state index in [1.807, 2.05) is 79.7 Å². The second-order valence-corrected chi connectivity index (χ2v) is 11.1. The number of nitrogens with zero attached hydrogens (tertiary/aromatic N) is 2. The Bertz CT molecular complexity index is 1350. The Hall–Kier alpha value is -2.58. The molecule has 34 heavy (non-hydrogen) atoms. The van der Waals surface area contributed by atoms with Gasteiger partial charge in [-0.1, -0.05) is 89.3 Å². The normalized spacial score (nSPS) is 16.1. The SMILES string of the molecule is Cc1ccc(/C=C2\SC(=S)N(CCC(=O)N3c4ccccc4Sc4ccc(Cl)cc43)C2=O)cc1. The van der Waals surface area contributed by atoms with E-state index < -0.39 is 0 Å². The molecule has 0 bridgehead atoms. The van der Waals surface area contributed by atoms with Gasteiger partial charge in [0.15, 0.2) is 0 Å². The summed E-state index contributed by atoms with van der Waals surface area (Å²) >= 11 is 14.6. The number of rotatable bonds is 4. The molecule has 5 rings (SSSR count). The Morgan fingerprint density at radius 2 is 1.74 bits per heavy atom. The van der Waals surface area contributed by atoms with Crippen molar-refractivity contribution < 1.29 is 9.59 Å². The minimum atomic E-state index is -0.165. The van der Waals surface area contributed by atoms with Gasteiger partial charge >= 0.3 is 0 Å². The smallest absolute Gasteiger partial charge is 0.266 e. The number of fused-ring (bicyclic) bond motifs is 2. The number of anilines is 2. The first kappa shape index (κ1) is 23.2. The van der Waals surface area contributed by atoms with Crippen molar-refractivity contribution in [3.8, 4) is 0 Å². The quantitative estimate of drug-likeness (QED) is 0.271. The number of para-hydroxylation sites is 1. The predicted molar refractivity (Wildman–Crippen MR) is 145 cm³/mol. The van der Waals surface area contributed by atoms with Crippen LogP contribution in [-0.4, -0.2) is 27.6 Å². The Labute approximate surface area is 217 Å². The summed E-state index contributed by atoms with van der Waals surface area (Å²) in [7, 11) is 0. The van der Waals surface area contributed by atoms with E-state index >= 15 is 0 Å². The Balaban J connectivity index is 1.36. The third-order valence-electron chi connectivity index (χ3n) is 5.54. The maximum absolute atomic E-state index is 13.5. The molecule has 4 nitrogen and oxygen atoms in total. The van der Waals surface area contributed by atoms with Gasteiger partial charge in [-0.25, -0.2) is 0 Å². The maximum Gasteiger partial charge on any atom is 0.266 e. The summed E-state index contributed by atoms with van der Waals surface area (Å²) in [6.45, 7) is 2.24. The number of carbonyl (C=O) groups excluding carboxylic acids is 2. The van der Waals surface area contributed by atoms with Crippen LogP contribution in [0.4, 0.5) is 11.4 Å². The molecule has 0 N–H and O–H groups in total. The molecule has 2 aliphatic rings. The first-order valence-electron chi connectivity index (χ1n) is 10.6. The molecule has 1 saturated heterocycles. The highest BCUT2D eigenvalue weighted by molar-refractivity contribution is 8.26. The standard InChI is InChI=1S/C26H19ClN2O2S3/c1-16-6-8-17(9-7-16)14-23-25(31)28(26(32)34-23)13-12-24(30)29-19-4-2-3-5-21(19)33-22-11-10-18(27)15-20(22)29/h2-11,14-15H,12-13H2,1H3/b23-14-. The van der Waals surface area contributed by atoms with Crippen molar-refractivity contribution in [2.45, 2.75) is 23.1 Å². The number of carbonyl (C=O) groups is 2. The first-order chi connectivity index (χ1) is 16.4. The molecule has 1 fully saturated rings. The van der Waals surface area contributed by atoms with Gasteiger partial charge in [-0.2, -0.15) is 0 Å². The first-order valence-corrected chi connectivity index (χ1v) is 13.0. The molecule has 0 aliphatic carbocycles. The lowest BCUT2D eigenvalue weighted by Crippen LogP contribution is -2.35. The number of halogens is 1. The van der Waals surface area contributed by atoms with Crippen LogP contribution in [-0.2, 0) is 9.59 Å². The fourth-order valence-electron chi connectivity index (χ4n) is 3.82. The summed E-state index contributed by atoms with van der Waals surface area (Å²) in [6, 6.07) is 21.3. The van der Waals surface area contributed by atoms with E-state index in [0.29, 0.717) is 14.2 Å². The Morgan fingerprint density at radius 3 is 2.53 bits per heavy atom. The van der Waals surface area contributed by atoms with Crippen LogP contribution in [0.15, 0.2) is 81.4 Å². The molecule has 8 heteroatoms. The monoisotopic (exact) mass is 522 g/mol. The van der Waals surface area contributed by atoms with E-state index in [-0.39, 0.29) is 24.8 Å². The molecule has 0 aromatic heterocycles. The number of hydrogen-bond donors (Lipinski definition) is 0. The highest BCUT2D eigenvalue weighted by atomic mass is 35.5. The van der Waals surface area contributed by atoms with E-state index in [4.69, 9.17) is 23.8 Å². The van der Waals surface area contributed by atoms with Crippen LogP contribution in [0, 0.1) is 6.92 Å². The van der Waals surface area contributed by atoms with Gasteiger partial charge < -0.3 is 0 Å². The lowest BCUT2D eigenvalue weighted by Gasteiger charge is -2.31. The number of hydrogen-bond acceptors (Lipinski definition) is 5. The minimum Gasteiger partial charge on any atom is -0.292 e. The average Bonchev–Trinajstić information content (AvgIpc) is 3.09. The fraction of sp³-hybridized carbons (Fsp3) is 0.115. The summed E-state index contributed by atoms with van der Waals surface area (Å²) in [5, 5.41) is 0.565. The summed E-state index contributed by atoms with van der Waals surface area (Å²) < 4.78 is 0.467. The number of thiocarbonyl (C=S) groups is 1. The lowest BCUT2D eigenvalue weighted by molar-refractivity contribution is -0.123. The van der Waals surface area contributed by atoms with Crippen molar-refractivity contribution in [2.75, 3.05) is 11.4 Å². The zero-order valence-electron chi connectivity index (χ0n) is 18.2. The third-order valence-corrected chi connectivity index (χ3v) is 8.28. The summed E-state index contributed by atoms with van der Waals surface area (Å²) in [6.07, 6.45) is 1.98. The molecule has 0 radical (unpaired) electrons. The molecule has 0 spiro atoms. The van der Waals surface area contributed by atoms with Crippen LogP contribution in [0.3, 0.4) is 0 Å². The number of thioether (sulfide) groups is 1. The molecular formula is C26H19ClN2O2S3. The van der Waals surface area contributed by atoms with E-state index in [9.17, 15) is 9.59 Å². The van der Waals surface area contributed by atoms with Gasteiger partial charge in [0.25, 0.3) is 5.91 Å². The molecule has 3 aromatic carbocycles. The second kappa shape index (κ2) is 9.58. The molecule has 2 heterocycles. The van der Waals surface area contributed by atoms with Gasteiger partial charge in [0.2, 0.25) is 5.91 Å². The lowest BCUT2D eigenvalue weighted by atomic mass is 10.1. The molecular weight excluding hydrogens is 504 g/mol. The molecule has 0 atom stereocenters. The van der Waals surface area contributed by atoms with Gasteiger partial charge in [-0.05, 0) is 48.9 Å². The van der Waals surface area contributed by atoms with Gasteiger partial charge in [0, 0.05) is 27.8 Å². The fourth-order valence-corrected chi connectivity index (χ4v) is 6.34. The van der Waals surface area contributed by atoms with E-state index in [2.05, 4.69) is 0 Å². The predicted octanol–water partition coefficient (Wildman–Crippen LogP) is 7.07. The van der Waals surface area contributed by atoms with Crippen molar-refractivity contribution >= 4 is 80.9 Å². The van der Waals surface area contributed by atoms with E-state index in [1.54, 1.807) is 16.7 Å². The van der Waals surface area contributed by atoms with Crippen LogP contribution in [0.5, 0.6) is 0 Å². The Morgan fingerprint density at radius 1 is 1.00 bits per heavy atom. The molecule has 170 valence electrons. The van der Waals surface area contributed by atoms with E-state index in [0.717, 1.165) is 32.3 Å². The van der Waals surface area contributed by atoms with Crippen molar-refractivity contribution in [1.29, 1.82) is 0 Å². The van der Waals surface area contributed by atoms with Crippen molar-refractivity contribution in [2.24, 2.45) is 0 Å². The highest BCUT2D eigenvalue weighted by Crippen LogP contribution is 2.49. The zero-order valence-corrected chi connectivity index (χ0v) is 21.4.